The predicted molar refractivity (Wildman–Crippen MR) is 109 cm³/mol. The van der Waals surface area contributed by atoms with Crippen molar-refractivity contribution >= 4 is 5.91 Å². The van der Waals surface area contributed by atoms with E-state index in [0.717, 1.165) is 36.4 Å². The highest BCUT2D eigenvalue weighted by molar-refractivity contribution is 5.78. The van der Waals surface area contributed by atoms with Gasteiger partial charge in [-0.1, -0.05) is 36.4 Å². The van der Waals surface area contributed by atoms with Gasteiger partial charge in [-0.25, -0.2) is 0 Å². The number of hydrogen-bond acceptors (Lipinski definition) is 4. The Morgan fingerprint density at radius 1 is 1.14 bits per heavy atom. The summed E-state index contributed by atoms with van der Waals surface area (Å²) in [7, 11) is 1.90. The number of fused-ring (bicyclic) bond motifs is 1. The number of nitrogens with zero attached hydrogens (tertiary/aromatic N) is 2. The Labute approximate surface area is 166 Å². The molecule has 2 aliphatic heterocycles. The van der Waals surface area contributed by atoms with Crippen LogP contribution in [-0.2, 0) is 4.79 Å². The molecule has 4 rings (SSSR count). The van der Waals surface area contributed by atoms with Gasteiger partial charge in [0.15, 0.2) is 11.5 Å². The average Bonchev–Trinajstić information content (AvgIpc) is 3.21. The summed E-state index contributed by atoms with van der Waals surface area (Å²) in [5, 5.41) is 0. The van der Waals surface area contributed by atoms with Crippen molar-refractivity contribution in [2.45, 2.75) is 31.8 Å². The van der Waals surface area contributed by atoms with Crippen molar-refractivity contribution < 1.29 is 14.3 Å². The molecule has 2 heterocycles. The number of amides is 1. The van der Waals surface area contributed by atoms with Crippen molar-refractivity contribution in [1.82, 2.24) is 9.80 Å². The largest absolute Gasteiger partial charge is 0.486 e. The number of carbonyl (C=O) groups excluding carboxylic acids is 1. The van der Waals surface area contributed by atoms with Gasteiger partial charge in [0.2, 0.25) is 5.91 Å². The highest BCUT2D eigenvalue weighted by Crippen LogP contribution is 2.38. The molecule has 148 valence electrons. The van der Waals surface area contributed by atoms with Crippen LogP contribution in [0.4, 0.5) is 0 Å². The van der Waals surface area contributed by atoms with Crippen molar-refractivity contribution in [1.29, 1.82) is 0 Å². The lowest BCUT2D eigenvalue weighted by Gasteiger charge is -2.30. The van der Waals surface area contributed by atoms with Gasteiger partial charge in [-0.2, -0.15) is 0 Å². The third-order valence-corrected chi connectivity index (χ3v) is 5.91. The molecular formula is C23H28N2O3. The Hall–Kier alpha value is -2.53. The lowest BCUT2D eigenvalue weighted by atomic mass is 10.0. The van der Waals surface area contributed by atoms with Gasteiger partial charge in [0.05, 0.1) is 12.6 Å². The van der Waals surface area contributed by atoms with Gasteiger partial charge in [-0.15, -0.1) is 0 Å². The summed E-state index contributed by atoms with van der Waals surface area (Å²) in [4.78, 5) is 17.1. The smallest absolute Gasteiger partial charge is 0.237 e. The van der Waals surface area contributed by atoms with Crippen LogP contribution < -0.4 is 9.47 Å². The molecule has 1 amide bonds. The van der Waals surface area contributed by atoms with E-state index in [-0.39, 0.29) is 18.0 Å². The van der Waals surface area contributed by atoms with Crippen LogP contribution in [0.3, 0.4) is 0 Å². The van der Waals surface area contributed by atoms with Crippen molar-refractivity contribution in [2.75, 3.05) is 33.4 Å². The number of hydrogen-bond donors (Lipinski definition) is 0. The molecule has 0 spiro atoms. The zero-order valence-corrected chi connectivity index (χ0v) is 16.6. The van der Waals surface area contributed by atoms with Crippen LogP contribution in [0.1, 0.15) is 43.0 Å². The molecule has 2 aliphatic rings. The standard InChI is InChI=1S/C23H28N2O3/c1-17(18-7-4-3-5-8-18)24(2)23(26)16-25-12-6-9-20(25)19-10-11-21-22(15-19)28-14-13-27-21/h3-5,7-8,10-11,15,17,20H,6,9,12-14,16H2,1-2H3/t17-,20+/m0/s1. The van der Waals surface area contributed by atoms with Crippen molar-refractivity contribution in [2.24, 2.45) is 0 Å². The van der Waals surface area contributed by atoms with Gasteiger partial charge in [0.1, 0.15) is 13.2 Å². The fraction of sp³-hybridized carbons (Fsp3) is 0.435. The SMILES string of the molecule is C[C@@H](c1ccccc1)N(C)C(=O)CN1CCC[C@@H]1c1ccc2c(c1)OCCO2. The number of rotatable bonds is 5. The maximum Gasteiger partial charge on any atom is 0.237 e. The molecule has 0 aromatic heterocycles. The fourth-order valence-electron chi connectivity index (χ4n) is 4.12. The molecular weight excluding hydrogens is 352 g/mol. The molecule has 1 saturated heterocycles. The van der Waals surface area contributed by atoms with Crippen molar-refractivity contribution in [3.05, 3.63) is 59.7 Å². The first kappa shape index (κ1) is 18.8. The van der Waals surface area contributed by atoms with Crippen LogP contribution in [-0.4, -0.2) is 49.1 Å². The van der Waals surface area contributed by atoms with E-state index in [9.17, 15) is 4.79 Å². The van der Waals surface area contributed by atoms with Crippen LogP contribution in [0.2, 0.25) is 0 Å². The molecule has 0 unspecified atom stereocenters. The molecule has 0 radical (unpaired) electrons. The van der Waals surface area contributed by atoms with E-state index in [2.05, 4.69) is 36.1 Å². The second-order valence-corrected chi connectivity index (χ2v) is 7.62. The number of ether oxygens (including phenoxy) is 2. The Balaban J connectivity index is 1.44. The second-order valence-electron chi connectivity index (χ2n) is 7.62. The zero-order chi connectivity index (χ0) is 19.5. The van der Waals surface area contributed by atoms with Crippen molar-refractivity contribution in [3.63, 3.8) is 0 Å². The van der Waals surface area contributed by atoms with Gasteiger partial charge in [0.25, 0.3) is 0 Å². The molecule has 1 fully saturated rings. The fourth-order valence-corrected chi connectivity index (χ4v) is 4.12. The minimum absolute atomic E-state index is 0.0593. The summed E-state index contributed by atoms with van der Waals surface area (Å²) in [6.07, 6.45) is 2.16. The summed E-state index contributed by atoms with van der Waals surface area (Å²) in [6, 6.07) is 16.7. The second kappa shape index (κ2) is 8.23. The lowest BCUT2D eigenvalue weighted by molar-refractivity contribution is -0.133. The van der Waals surface area contributed by atoms with Gasteiger partial charge in [0, 0.05) is 13.1 Å². The predicted octanol–water partition coefficient (Wildman–Crippen LogP) is 3.81. The van der Waals surface area contributed by atoms with E-state index in [1.807, 2.05) is 36.2 Å². The topological polar surface area (TPSA) is 42.0 Å². The minimum atomic E-state index is 0.0593. The number of likely N-dealkylation sites (N-methyl/N-ethyl adjacent to an activating group) is 1. The van der Waals surface area contributed by atoms with E-state index in [1.54, 1.807) is 0 Å². The van der Waals surface area contributed by atoms with Crippen LogP contribution >= 0.6 is 0 Å². The lowest BCUT2D eigenvalue weighted by Crippen LogP contribution is -2.39. The molecule has 0 saturated carbocycles. The normalized spacial score (nSPS) is 20.0. The van der Waals surface area contributed by atoms with Crippen LogP contribution in [0.15, 0.2) is 48.5 Å². The molecule has 5 nitrogen and oxygen atoms in total. The van der Waals surface area contributed by atoms with Gasteiger partial charge >= 0.3 is 0 Å². The highest BCUT2D eigenvalue weighted by Gasteiger charge is 2.30. The van der Waals surface area contributed by atoms with Crippen LogP contribution in [0.25, 0.3) is 0 Å². The Bertz CT molecular complexity index is 824. The molecule has 0 N–H and O–H groups in total. The van der Waals surface area contributed by atoms with E-state index in [1.165, 1.54) is 5.56 Å². The third-order valence-electron chi connectivity index (χ3n) is 5.91. The Morgan fingerprint density at radius 3 is 2.68 bits per heavy atom. The van der Waals surface area contributed by atoms with E-state index >= 15 is 0 Å². The highest BCUT2D eigenvalue weighted by atomic mass is 16.6. The first-order chi connectivity index (χ1) is 13.6. The van der Waals surface area contributed by atoms with E-state index in [0.29, 0.717) is 19.8 Å². The van der Waals surface area contributed by atoms with Crippen LogP contribution in [0.5, 0.6) is 11.5 Å². The first-order valence-electron chi connectivity index (χ1n) is 10.1. The van der Waals surface area contributed by atoms with E-state index in [4.69, 9.17) is 9.47 Å². The maximum atomic E-state index is 13.0. The summed E-state index contributed by atoms with van der Waals surface area (Å²) in [6.45, 7) is 4.65. The summed E-state index contributed by atoms with van der Waals surface area (Å²) >= 11 is 0. The average molecular weight is 380 g/mol. The quantitative estimate of drug-likeness (QED) is 0.791. The molecule has 0 bridgehead atoms. The zero-order valence-electron chi connectivity index (χ0n) is 16.6. The number of benzene rings is 2. The first-order valence-corrected chi connectivity index (χ1v) is 10.1. The molecule has 28 heavy (non-hydrogen) atoms. The van der Waals surface area contributed by atoms with Crippen molar-refractivity contribution in [3.8, 4) is 11.5 Å². The third kappa shape index (κ3) is 3.85. The van der Waals surface area contributed by atoms with Gasteiger partial charge < -0.3 is 14.4 Å². The summed E-state index contributed by atoms with van der Waals surface area (Å²) < 4.78 is 11.4. The summed E-state index contributed by atoms with van der Waals surface area (Å²) in [5.41, 5.74) is 2.36. The monoisotopic (exact) mass is 380 g/mol. The Morgan fingerprint density at radius 2 is 1.89 bits per heavy atom. The molecule has 0 aliphatic carbocycles. The minimum Gasteiger partial charge on any atom is -0.486 e. The number of carbonyl (C=O) groups is 1. The van der Waals surface area contributed by atoms with E-state index < -0.39 is 0 Å². The van der Waals surface area contributed by atoms with Crippen LogP contribution in [0, 0.1) is 0 Å². The van der Waals surface area contributed by atoms with Gasteiger partial charge in [-0.05, 0) is 49.6 Å². The van der Waals surface area contributed by atoms with Gasteiger partial charge in [-0.3, -0.25) is 9.69 Å². The molecule has 2 atom stereocenters. The number of likely N-dealkylation sites (tertiary alicyclic amines) is 1. The molecule has 5 heteroatoms. The molecule has 2 aromatic carbocycles. The molecule has 2 aromatic rings. The Kier molecular flexibility index (Phi) is 5.53. The maximum absolute atomic E-state index is 13.0. The summed E-state index contributed by atoms with van der Waals surface area (Å²) in [5.74, 6) is 1.78.